The minimum absolute atomic E-state index is 0.0656. The molecule has 0 aromatic heterocycles. The number of thiocarbonyl (C=S) groups is 1. The Hall–Kier alpha value is -2.66. The molecule has 0 radical (unpaired) electrons. The molecule has 2 aromatic rings. The highest BCUT2D eigenvalue weighted by Gasteiger charge is 2.44. The second kappa shape index (κ2) is 8.70. The first-order chi connectivity index (χ1) is 14.9. The zero-order valence-electron chi connectivity index (χ0n) is 16.6. The van der Waals surface area contributed by atoms with Gasteiger partial charge in [-0.05, 0) is 36.2 Å². The van der Waals surface area contributed by atoms with Gasteiger partial charge in [0.2, 0.25) is 0 Å². The molecular weight excluding hydrogens is 458 g/mol. The highest BCUT2D eigenvalue weighted by molar-refractivity contribution is 7.78. The zero-order chi connectivity index (χ0) is 23.7. The van der Waals surface area contributed by atoms with E-state index in [1.165, 1.54) is 11.8 Å². The lowest BCUT2D eigenvalue weighted by Crippen LogP contribution is -2.45. The van der Waals surface area contributed by atoms with Crippen molar-refractivity contribution in [1.29, 1.82) is 0 Å². The Labute approximate surface area is 185 Å². The summed E-state index contributed by atoms with van der Waals surface area (Å²) in [5.74, 6) is 0. The van der Waals surface area contributed by atoms with Crippen LogP contribution in [-0.2, 0) is 22.6 Å². The van der Waals surface area contributed by atoms with Crippen molar-refractivity contribution >= 4 is 23.7 Å². The van der Waals surface area contributed by atoms with Crippen LogP contribution in [0.25, 0.3) is 0 Å². The van der Waals surface area contributed by atoms with Crippen molar-refractivity contribution in [2.75, 3.05) is 13.2 Å². The van der Waals surface area contributed by atoms with Crippen LogP contribution in [0.2, 0.25) is 0 Å². The molecule has 1 heterocycles. The van der Waals surface area contributed by atoms with E-state index in [0.717, 1.165) is 5.49 Å². The molecule has 3 rings (SSSR count). The second-order valence-corrected chi connectivity index (χ2v) is 7.61. The third-order valence-electron chi connectivity index (χ3n) is 5.16. The molecule has 0 aliphatic carbocycles. The summed E-state index contributed by atoms with van der Waals surface area (Å²) >= 11 is 4.84. The van der Waals surface area contributed by atoms with Crippen LogP contribution in [0.5, 0.6) is 0 Å². The molecule has 1 aliphatic rings. The SMILES string of the molecule is C[C@@H](OC[C@@]1(c2ccccc2)CN(C=S)C(=O)N1)c1cc(C(F)(F)F)cc(C(F)(F)F)c1. The molecule has 11 heteroatoms. The van der Waals surface area contributed by atoms with Crippen LogP contribution in [0.1, 0.15) is 35.3 Å². The fourth-order valence-corrected chi connectivity index (χ4v) is 3.60. The zero-order valence-corrected chi connectivity index (χ0v) is 17.4. The molecule has 172 valence electrons. The van der Waals surface area contributed by atoms with Gasteiger partial charge in [-0.15, -0.1) is 0 Å². The lowest BCUT2D eigenvalue weighted by atomic mass is 9.91. The molecule has 2 amide bonds. The van der Waals surface area contributed by atoms with Crippen molar-refractivity contribution in [3.63, 3.8) is 0 Å². The topological polar surface area (TPSA) is 41.6 Å². The van der Waals surface area contributed by atoms with Crippen molar-refractivity contribution in [2.45, 2.75) is 30.9 Å². The molecular formula is C21H18F6N2O2S. The summed E-state index contributed by atoms with van der Waals surface area (Å²) < 4.78 is 84.7. The van der Waals surface area contributed by atoms with E-state index in [-0.39, 0.29) is 24.8 Å². The van der Waals surface area contributed by atoms with Gasteiger partial charge in [-0.1, -0.05) is 42.5 Å². The minimum Gasteiger partial charge on any atom is -0.371 e. The first kappa shape index (κ1) is 24.0. The van der Waals surface area contributed by atoms with E-state index in [9.17, 15) is 31.1 Å². The summed E-state index contributed by atoms with van der Waals surface area (Å²) in [4.78, 5) is 13.5. The number of carbonyl (C=O) groups excluding carboxylic acids is 1. The third kappa shape index (κ3) is 5.04. The predicted molar refractivity (Wildman–Crippen MR) is 108 cm³/mol. The Kier molecular flexibility index (Phi) is 6.52. The van der Waals surface area contributed by atoms with Crippen molar-refractivity contribution in [1.82, 2.24) is 10.2 Å². The van der Waals surface area contributed by atoms with Gasteiger partial charge in [-0.3, -0.25) is 4.90 Å². The van der Waals surface area contributed by atoms with Gasteiger partial charge in [0.05, 0.1) is 35.9 Å². The highest BCUT2D eigenvalue weighted by Crippen LogP contribution is 2.38. The van der Waals surface area contributed by atoms with Crippen LogP contribution in [-0.4, -0.2) is 29.6 Å². The number of amides is 2. The molecule has 2 atom stereocenters. The Morgan fingerprint density at radius 2 is 1.66 bits per heavy atom. The Morgan fingerprint density at radius 1 is 1.09 bits per heavy atom. The number of benzene rings is 2. The second-order valence-electron chi connectivity index (χ2n) is 7.40. The van der Waals surface area contributed by atoms with Gasteiger partial charge >= 0.3 is 18.4 Å². The summed E-state index contributed by atoms with van der Waals surface area (Å²) in [6.45, 7) is 1.23. The van der Waals surface area contributed by atoms with E-state index < -0.39 is 41.2 Å². The normalized spacial score (nSPS) is 20.2. The van der Waals surface area contributed by atoms with E-state index in [0.29, 0.717) is 17.7 Å². The van der Waals surface area contributed by atoms with E-state index in [1.54, 1.807) is 30.3 Å². The number of nitrogens with zero attached hydrogens (tertiary/aromatic N) is 1. The maximum absolute atomic E-state index is 13.2. The number of nitrogens with one attached hydrogen (secondary N) is 1. The summed E-state index contributed by atoms with van der Waals surface area (Å²) in [6, 6.07) is 9.52. The lowest BCUT2D eigenvalue weighted by molar-refractivity contribution is -0.143. The van der Waals surface area contributed by atoms with Gasteiger partial charge in [0.1, 0.15) is 5.54 Å². The van der Waals surface area contributed by atoms with Gasteiger partial charge in [-0.2, -0.15) is 26.3 Å². The van der Waals surface area contributed by atoms with E-state index in [4.69, 9.17) is 17.0 Å². The molecule has 0 spiro atoms. The smallest absolute Gasteiger partial charge is 0.371 e. The van der Waals surface area contributed by atoms with Gasteiger partial charge in [0.15, 0.2) is 0 Å². The van der Waals surface area contributed by atoms with Crippen LogP contribution < -0.4 is 5.32 Å². The van der Waals surface area contributed by atoms with Crippen LogP contribution in [0, 0.1) is 0 Å². The fourth-order valence-electron chi connectivity index (χ4n) is 3.43. The van der Waals surface area contributed by atoms with Crippen molar-refractivity contribution in [2.24, 2.45) is 0 Å². The van der Waals surface area contributed by atoms with Gasteiger partial charge in [0, 0.05) is 0 Å². The number of carbonyl (C=O) groups is 1. The standard InChI is InChI=1S/C21H18F6N2O2S/c1-13(14-7-16(20(22,23)24)9-17(8-14)21(25,26)27)31-11-19(15-5-3-2-4-6-15)10-29(12-32)18(30)28-19/h2-9,12-13H,10-11H2,1H3,(H,28,30)/t13-,19-/m1/s1. The van der Waals surface area contributed by atoms with Gasteiger partial charge in [-0.25, -0.2) is 4.79 Å². The van der Waals surface area contributed by atoms with Crippen LogP contribution in [0.15, 0.2) is 48.5 Å². The summed E-state index contributed by atoms with van der Waals surface area (Å²) in [7, 11) is 0. The molecule has 2 aromatic carbocycles. The Balaban J connectivity index is 1.91. The summed E-state index contributed by atoms with van der Waals surface area (Å²) in [5, 5.41) is 2.77. The molecule has 1 N–H and O–H groups in total. The molecule has 0 bridgehead atoms. The number of urea groups is 1. The number of hydrogen-bond acceptors (Lipinski definition) is 3. The summed E-state index contributed by atoms with van der Waals surface area (Å²) in [6.07, 6.45) is -11.0. The molecule has 1 saturated heterocycles. The predicted octanol–water partition coefficient (Wildman–Crippen LogP) is 5.68. The highest BCUT2D eigenvalue weighted by atomic mass is 32.1. The first-order valence-electron chi connectivity index (χ1n) is 9.36. The van der Waals surface area contributed by atoms with Crippen LogP contribution >= 0.6 is 12.2 Å². The van der Waals surface area contributed by atoms with Crippen molar-refractivity contribution < 1.29 is 35.9 Å². The number of hydrogen-bond donors (Lipinski definition) is 1. The fraction of sp³-hybridized carbons (Fsp3) is 0.333. The number of ether oxygens (including phenoxy) is 1. The number of halogens is 6. The monoisotopic (exact) mass is 476 g/mol. The van der Waals surface area contributed by atoms with E-state index in [1.807, 2.05) is 0 Å². The van der Waals surface area contributed by atoms with Gasteiger partial charge in [0.25, 0.3) is 0 Å². The number of rotatable bonds is 6. The van der Waals surface area contributed by atoms with Crippen molar-refractivity contribution in [3.8, 4) is 0 Å². The molecule has 32 heavy (non-hydrogen) atoms. The van der Waals surface area contributed by atoms with Gasteiger partial charge < -0.3 is 10.1 Å². The third-order valence-corrected chi connectivity index (χ3v) is 5.41. The van der Waals surface area contributed by atoms with Crippen LogP contribution in [0.4, 0.5) is 31.1 Å². The maximum atomic E-state index is 13.2. The lowest BCUT2D eigenvalue weighted by Gasteiger charge is -2.30. The Bertz CT molecular complexity index is 964. The number of alkyl halides is 6. The van der Waals surface area contributed by atoms with E-state index >= 15 is 0 Å². The summed E-state index contributed by atoms with van der Waals surface area (Å²) in [5.41, 5.74) is -2.40. The molecule has 1 aliphatic heterocycles. The largest absolute Gasteiger partial charge is 0.416 e. The van der Waals surface area contributed by atoms with E-state index in [2.05, 4.69) is 5.32 Å². The quantitative estimate of drug-likeness (QED) is 0.431. The van der Waals surface area contributed by atoms with Crippen LogP contribution in [0.3, 0.4) is 0 Å². The van der Waals surface area contributed by atoms with Crippen molar-refractivity contribution in [3.05, 3.63) is 70.8 Å². The minimum atomic E-state index is -4.96. The first-order valence-corrected chi connectivity index (χ1v) is 9.83. The molecule has 4 nitrogen and oxygen atoms in total. The maximum Gasteiger partial charge on any atom is 0.416 e. The molecule has 1 fully saturated rings. The molecule has 0 saturated carbocycles. The average Bonchev–Trinajstić information content (AvgIpc) is 3.08. The Morgan fingerprint density at radius 3 is 2.12 bits per heavy atom. The average molecular weight is 476 g/mol. The molecule has 0 unspecified atom stereocenters.